The molecule has 1 rings (SSSR count). The van der Waals surface area contributed by atoms with E-state index >= 15 is 0 Å². The summed E-state index contributed by atoms with van der Waals surface area (Å²) >= 11 is 5.10. The van der Waals surface area contributed by atoms with Gasteiger partial charge in [0.15, 0.2) is 0 Å². The fourth-order valence-electron chi connectivity index (χ4n) is 1.02. The molecule has 1 nitrogen and oxygen atoms in total. The van der Waals surface area contributed by atoms with E-state index in [-0.39, 0.29) is 6.04 Å². The smallest absolute Gasteiger partial charge is 0.0399 e. The zero-order valence-electron chi connectivity index (χ0n) is 7.51. The van der Waals surface area contributed by atoms with Crippen molar-refractivity contribution in [1.82, 2.24) is 0 Å². The lowest BCUT2D eigenvalue weighted by atomic mass is 10.1. The van der Waals surface area contributed by atoms with Crippen LogP contribution in [0.4, 0.5) is 0 Å². The molecule has 0 bridgehead atoms. The molecule has 0 aliphatic rings. The summed E-state index contributed by atoms with van der Waals surface area (Å²) < 4.78 is 1.12. The van der Waals surface area contributed by atoms with Crippen molar-refractivity contribution in [2.75, 3.05) is 0 Å². The SMILES string of the molecule is CC#CCCC(N)c1cc(Br)cs1. The molecule has 0 aliphatic heterocycles. The van der Waals surface area contributed by atoms with Crippen LogP contribution in [0.2, 0.25) is 0 Å². The van der Waals surface area contributed by atoms with Crippen LogP contribution in [0.25, 0.3) is 0 Å². The van der Waals surface area contributed by atoms with Gasteiger partial charge in [0.2, 0.25) is 0 Å². The largest absolute Gasteiger partial charge is 0.323 e. The second kappa shape index (κ2) is 5.43. The Balaban J connectivity index is 2.47. The van der Waals surface area contributed by atoms with Crippen LogP contribution in [0.3, 0.4) is 0 Å². The van der Waals surface area contributed by atoms with Crippen LogP contribution < -0.4 is 5.73 Å². The fraction of sp³-hybridized carbons (Fsp3) is 0.400. The highest BCUT2D eigenvalue weighted by Gasteiger charge is 2.06. The van der Waals surface area contributed by atoms with Gasteiger partial charge in [-0.1, -0.05) is 0 Å². The molecule has 0 spiro atoms. The summed E-state index contributed by atoms with van der Waals surface area (Å²) in [5, 5.41) is 2.06. The first-order chi connectivity index (χ1) is 6.24. The van der Waals surface area contributed by atoms with Crippen molar-refractivity contribution < 1.29 is 0 Å². The lowest BCUT2D eigenvalue weighted by molar-refractivity contribution is 0.679. The van der Waals surface area contributed by atoms with Crippen LogP contribution in [0.1, 0.15) is 30.7 Å². The molecule has 0 fully saturated rings. The van der Waals surface area contributed by atoms with Gasteiger partial charge < -0.3 is 5.73 Å². The molecular formula is C10H12BrNS. The van der Waals surface area contributed by atoms with Gasteiger partial charge in [-0.15, -0.1) is 23.2 Å². The Bertz CT molecular complexity index is 321. The topological polar surface area (TPSA) is 26.0 Å². The molecule has 1 heterocycles. The van der Waals surface area contributed by atoms with Gasteiger partial charge >= 0.3 is 0 Å². The second-order valence-corrected chi connectivity index (χ2v) is 4.60. The maximum Gasteiger partial charge on any atom is 0.0399 e. The summed E-state index contributed by atoms with van der Waals surface area (Å²) in [6.07, 6.45) is 1.82. The van der Waals surface area contributed by atoms with E-state index in [1.165, 1.54) is 4.88 Å². The zero-order valence-corrected chi connectivity index (χ0v) is 9.91. The van der Waals surface area contributed by atoms with Crippen LogP contribution in [-0.4, -0.2) is 0 Å². The van der Waals surface area contributed by atoms with Gasteiger partial charge in [0.25, 0.3) is 0 Å². The Morgan fingerprint density at radius 2 is 2.46 bits per heavy atom. The number of thiophene rings is 1. The van der Waals surface area contributed by atoms with Crippen molar-refractivity contribution >= 4 is 27.3 Å². The summed E-state index contributed by atoms with van der Waals surface area (Å²) in [7, 11) is 0. The lowest BCUT2D eigenvalue weighted by Crippen LogP contribution is -2.07. The van der Waals surface area contributed by atoms with Crippen LogP contribution in [0, 0.1) is 11.8 Å². The Labute approximate surface area is 91.5 Å². The molecule has 0 aliphatic carbocycles. The third-order valence-electron chi connectivity index (χ3n) is 1.71. The first-order valence-electron chi connectivity index (χ1n) is 4.13. The summed E-state index contributed by atoms with van der Waals surface area (Å²) in [6.45, 7) is 1.85. The minimum Gasteiger partial charge on any atom is -0.323 e. The molecule has 0 amide bonds. The van der Waals surface area contributed by atoms with Gasteiger partial charge in [-0.2, -0.15) is 0 Å². The van der Waals surface area contributed by atoms with Crippen LogP contribution >= 0.6 is 27.3 Å². The van der Waals surface area contributed by atoms with E-state index in [9.17, 15) is 0 Å². The van der Waals surface area contributed by atoms with Crippen LogP contribution in [-0.2, 0) is 0 Å². The standard InChI is InChI=1S/C10H12BrNS/c1-2-3-4-5-9(12)10-6-8(11)7-13-10/h6-7,9H,4-5,12H2,1H3. The second-order valence-electron chi connectivity index (χ2n) is 2.74. The first-order valence-corrected chi connectivity index (χ1v) is 5.80. The Morgan fingerprint density at radius 3 is 3.00 bits per heavy atom. The van der Waals surface area contributed by atoms with Crippen molar-refractivity contribution in [3.05, 3.63) is 20.8 Å². The normalized spacial score (nSPS) is 11.9. The molecule has 1 atom stereocenters. The monoisotopic (exact) mass is 257 g/mol. The van der Waals surface area contributed by atoms with Gasteiger partial charge in [0.05, 0.1) is 0 Å². The Kier molecular flexibility index (Phi) is 4.51. The lowest BCUT2D eigenvalue weighted by Gasteiger charge is -2.05. The molecule has 0 radical (unpaired) electrons. The number of nitrogens with two attached hydrogens (primary N) is 1. The van der Waals surface area contributed by atoms with Gasteiger partial charge in [0.1, 0.15) is 0 Å². The van der Waals surface area contributed by atoms with E-state index in [2.05, 4.69) is 39.2 Å². The highest BCUT2D eigenvalue weighted by Crippen LogP contribution is 2.26. The van der Waals surface area contributed by atoms with E-state index in [0.717, 1.165) is 17.3 Å². The minimum atomic E-state index is 0.136. The van der Waals surface area contributed by atoms with Crippen molar-refractivity contribution in [2.24, 2.45) is 5.73 Å². The molecule has 0 aromatic carbocycles. The van der Waals surface area contributed by atoms with Gasteiger partial charge in [0, 0.05) is 27.2 Å². The highest BCUT2D eigenvalue weighted by molar-refractivity contribution is 9.10. The Hall–Kier alpha value is -0.300. The predicted molar refractivity (Wildman–Crippen MR) is 61.6 cm³/mol. The molecule has 1 aromatic rings. The number of hydrogen-bond donors (Lipinski definition) is 1. The molecule has 0 saturated carbocycles. The maximum atomic E-state index is 5.97. The van der Waals surface area contributed by atoms with Crippen LogP contribution in [0.5, 0.6) is 0 Å². The zero-order chi connectivity index (χ0) is 9.68. The molecule has 1 unspecified atom stereocenters. The quantitative estimate of drug-likeness (QED) is 0.827. The summed E-state index contributed by atoms with van der Waals surface area (Å²) in [5.74, 6) is 5.89. The van der Waals surface area contributed by atoms with Gasteiger partial charge in [-0.05, 0) is 35.3 Å². The highest BCUT2D eigenvalue weighted by atomic mass is 79.9. The van der Waals surface area contributed by atoms with Crippen molar-refractivity contribution in [1.29, 1.82) is 0 Å². The summed E-state index contributed by atoms with van der Waals surface area (Å²) in [4.78, 5) is 1.23. The predicted octanol–water partition coefficient (Wildman–Crippen LogP) is 3.31. The summed E-state index contributed by atoms with van der Waals surface area (Å²) in [6, 6.07) is 2.21. The van der Waals surface area contributed by atoms with E-state index in [4.69, 9.17) is 5.73 Å². The number of rotatable bonds is 3. The van der Waals surface area contributed by atoms with Crippen molar-refractivity contribution in [2.45, 2.75) is 25.8 Å². The minimum absolute atomic E-state index is 0.136. The third-order valence-corrected chi connectivity index (χ3v) is 3.54. The first kappa shape index (κ1) is 10.8. The van der Waals surface area contributed by atoms with E-state index in [1.54, 1.807) is 11.3 Å². The number of hydrogen-bond acceptors (Lipinski definition) is 2. The van der Waals surface area contributed by atoms with E-state index < -0.39 is 0 Å². The molecule has 2 N–H and O–H groups in total. The molecule has 70 valence electrons. The molecule has 3 heteroatoms. The maximum absolute atomic E-state index is 5.97. The summed E-state index contributed by atoms with van der Waals surface area (Å²) in [5.41, 5.74) is 5.97. The average Bonchev–Trinajstić information content (AvgIpc) is 2.52. The van der Waals surface area contributed by atoms with E-state index in [1.807, 2.05) is 6.92 Å². The van der Waals surface area contributed by atoms with E-state index in [0.29, 0.717) is 0 Å². The van der Waals surface area contributed by atoms with Crippen molar-refractivity contribution in [3.8, 4) is 11.8 Å². The number of halogens is 1. The van der Waals surface area contributed by atoms with Gasteiger partial charge in [-0.25, -0.2) is 0 Å². The molecule has 13 heavy (non-hydrogen) atoms. The molecule has 0 saturated heterocycles. The third kappa shape index (κ3) is 3.51. The average molecular weight is 258 g/mol. The molecular weight excluding hydrogens is 246 g/mol. The molecule has 1 aromatic heterocycles. The fourth-order valence-corrected chi connectivity index (χ4v) is 2.50. The van der Waals surface area contributed by atoms with Gasteiger partial charge in [-0.3, -0.25) is 0 Å². The Morgan fingerprint density at radius 1 is 1.69 bits per heavy atom. The van der Waals surface area contributed by atoms with Crippen LogP contribution in [0.15, 0.2) is 15.9 Å². The van der Waals surface area contributed by atoms with Crippen molar-refractivity contribution in [3.63, 3.8) is 0 Å².